The van der Waals surface area contributed by atoms with Crippen LogP contribution >= 0.6 is 22.6 Å². The molecule has 2 rings (SSSR count). The van der Waals surface area contributed by atoms with Crippen molar-refractivity contribution in [1.29, 1.82) is 0 Å². The molecule has 2 aromatic rings. The number of benzene rings is 2. The molecule has 0 aliphatic heterocycles. The molecule has 3 N–H and O–H groups in total. The van der Waals surface area contributed by atoms with Gasteiger partial charge in [0.05, 0.1) is 5.56 Å². The van der Waals surface area contributed by atoms with Crippen LogP contribution in [-0.2, 0) is 0 Å². The molecule has 0 aliphatic rings. The number of hydrogen-bond acceptors (Lipinski definition) is 2. The quantitative estimate of drug-likeness (QED) is 0.802. The highest BCUT2D eigenvalue weighted by molar-refractivity contribution is 14.1. The van der Waals surface area contributed by atoms with Crippen molar-refractivity contribution in [3.8, 4) is 0 Å². The summed E-state index contributed by atoms with van der Waals surface area (Å²) in [5.74, 6) is -0.0792. The molecule has 1 atom stereocenters. The van der Waals surface area contributed by atoms with Crippen molar-refractivity contribution in [1.82, 2.24) is 5.32 Å². The maximum atomic E-state index is 12.2. The van der Waals surface area contributed by atoms with E-state index in [1.165, 1.54) is 0 Å². The Labute approximate surface area is 132 Å². The van der Waals surface area contributed by atoms with Crippen molar-refractivity contribution in [2.45, 2.75) is 13.0 Å². The summed E-state index contributed by atoms with van der Waals surface area (Å²) in [4.78, 5) is 12.2. The number of rotatable bonds is 4. The molecule has 20 heavy (non-hydrogen) atoms. The van der Waals surface area contributed by atoms with Gasteiger partial charge in [0, 0.05) is 16.2 Å². The van der Waals surface area contributed by atoms with Crippen LogP contribution in [0.15, 0.2) is 48.5 Å². The molecule has 0 fully saturated rings. The van der Waals surface area contributed by atoms with Gasteiger partial charge in [-0.2, -0.15) is 0 Å². The highest BCUT2D eigenvalue weighted by Crippen LogP contribution is 2.16. The third-order valence-electron chi connectivity index (χ3n) is 3.15. The van der Waals surface area contributed by atoms with Gasteiger partial charge in [-0.3, -0.25) is 4.79 Å². The van der Waals surface area contributed by atoms with E-state index in [2.05, 4.69) is 27.9 Å². The van der Waals surface area contributed by atoms with Gasteiger partial charge in [-0.05, 0) is 46.7 Å². The average Bonchev–Trinajstić information content (AvgIpc) is 2.48. The summed E-state index contributed by atoms with van der Waals surface area (Å²) in [5, 5.41) is 2.90. The van der Waals surface area contributed by atoms with Gasteiger partial charge in [0.1, 0.15) is 0 Å². The minimum atomic E-state index is -0.192. The van der Waals surface area contributed by atoms with E-state index in [-0.39, 0.29) is 11.9 Å². The predicted molar refractivity (Wildman–Crippen MR) is 89.6 cm³/mol. The summed E-state index contributed by atoms with van der Waals surface area (Å²) in [6.45, 7) is 2.42. The normalized spacial score (nSPS) is 11.9. The second kappa shape index (κ2) is 6.85. The third kappa shape index (κ3) is 3.58. The molecule has 2 aromatic carbocycles. The number of nitrogens with one attached hydrogen (secondary N) is 1. The Morgan fingerprint density at radius 2 is 1.90 bits per heavy atom. The summed E-state index contributed by atoms with van der Waals surface area (Å²) in [7, 11) is 0. The highest BCUT2D eigenvalue weighted by atomic mass is 127. The van der Waals surface area contributed by atoms with Gasteiger partial charge in [0.2, 0.25) is 0 Å². The molecule has 4 heteroatoms. The van der Waals surface area contributed by atoms with Crippen LogP contribution in [-0.4, -0.2) is 12.5 Å². The van der Waals surface area contributed by atoms with E-state index < -0.39 is 0 Å². The molecule has 0 aromatic heterocycles. The molecular formula is C16H17IN2O. The average molecular weight is 380 g/mol. The van der Waals surface area contributed by atoms with Gasteiger partial charge in [-0.15, -0.1) is 0 Å². The molecule has 0 radical (unpaired) electrons. The molecule has 0 spiro atoms. The molecule has 1 amide bonds. The number of carbonyl (C=O) groups is 1. The van der Waals surface area contributed by atoms with Crippen LogP contribution in [0.25, 0.3) is 0 Å². The summed E-state index contributed by atoms with van der Waals surface area (Å²) in [6.07, 6.45) is 0. The Hall–Kier alpha value is -1.40. The van der Waals surface area contributed by atoms with Crippen molar-refractivity contribution in [2.75, 3.05) is 6.54 Å². The molecule has 104 valence electrons. The summed E-state index contributed by atoms with van der Waals surface area (Å²) < 4.78 is 0.982. The highest BCUT2D eigenvalue weighted by Gasteiger charge is 2.12. The number of carbonyl (C=O) groups excluding carboxylic acids is 1. The molecule has 0 saturated heterocycles. The standard InChI is InChI=1S/C16H17IN2O/c1-11-6-5-9-13(15(11)17)16(20)19-10-14(18)12-7-3-2-4-8-12/h2-9,14H,10,18H2,1H3,(H,19,20). The molecule has 3 nitrogen and oxygen atoms in total. The van der Waals surface area contributed by atoms with E-state index in [1.54, 1.807) is 0 Å². The first-order valence-corrected chi connectivity index (χ1v) is 7.51. The van der Waals surface area contributed by atoms with E-state index in [0.29, 0.717) is 12.1 Å². The van der Waals surface area contributed by atoms with Crippen molar-refractivity contribution < 1.29 is 4.79 Å². The fourth-order valence-electron chi connectivity index (χ4n) is 1.94. The first kappa shape index (κ1) is 15.0. The fraction of sp³-hybridized carbons (Fsp3) is 0.188. The van der Waals surface area contributed by atoms with Gasteiger partial charge in [-0.1, -0.05) is 42.5 Å². The number of amides is 1. The maximum Gasteiger partial charge on any atom is 0.252 e. The van der Waals surface area contributed by atoms with Crippen LogP contribution in [0.2, 0.25) is 0 Å². The summed E-state index contributed by atoms with van der Waals surface area (Å²) in [6, 6.07) is 15.3. The van der Waals surface area contributed by atoms with E-state index >= 15 is 0 Å². The minimum Gasteiger partial charge on any atom is -0.350 e. The first-order valence-electron chi connectivity index (χ1n) is 6.43. The zero-order valence-electron chi connectivity index (χ0n) is 11.3. The lowest BCUT2D eigenvalue weighted by Gasteiger charge is -2.14. The lowest BCUT2D eigenvalue weighted by molar-refractivity contribution is 0.0950. The SMILES string of the molecule is Cc1cccc(C(=O)NCC(N)c2ccccc2)c1I. The molecular weight excluding hydrogens is 363 g/mol. The Morgan fingerprint density at radius 3 is 2.60 bits per heavy atom. The van der Waals surface area contributed by atoms with Crippen LogP contribution in [0.1, 0.15) is 27.5 Å². The van der Waals surface area contributed by atoms with Crippen LogP contribution in [0, 0.1) is 10.5 Å². The maximum absolute atomic E-state index is 12.2. The van der Waals surface area contributed by atoms with E-state index in [1.807, 2.05) is 55.5 Å². The van der Waals surface area contributed by atoms with Gasteiger partial charge in [0.15, 0.2) is 0 Å². The number of aryl methyl sites for hydroxylation is 1. The van der Waals surface area contributed by atoms with E-state index in [9.17, 15) is 4.79 Å². The molecule has 1 unspecified atom stereocenters. The lowest BCUT2D eigenvalue weighted by Crippen LogP contribution is -2.32. The zero-order chi connectivity index (χ0) is 14.5. The largest absolute Gasteiger partial charge is 0.350 e. The first-order chi connectivity index (χ1) is 9.59. The number of nitrogens with two attached hydrogens (primary N) is 1. The van der Waals surface area contributed by atoms with Crippen LogP contribution in [0.5, 0.6) is 0 Å². The molecule has 0 aliphatic carbocycles. The number of hydrogen-bond donors (Lipinski definition) is 2. The molecule has 0 heterocycles. The fourth-order valence-corrected chi connectivity index (χ4v) is 2.54. The predicted octanol–water partition coefficient (Wildman–Crippen LogP) is 3.03. The van der Waals surface area contributed by atoms with Gasteiger partial charge < -0.3 is 11.1 Å². The van der Waals surface area contributed by atoms with Crippen molar-refractivity contribution >= 4 is 28.5 Å². The van der Waals surface area contributed by atoms with E-state index in [4.69, 9.17) is 5.73 Å². The van der Waals surface area contributed by atoms with Crippen molar-refractivity contribution in [2.24, 2.45) is 5.73 Å². The van der Waals surface area contributed by atoms with Crippen LogP contribution in [0.3, 0.4) is 0 Å². The third-order valence-corrected chi connectivity index (χ3v) is 4.58. The second-order valence-electron chi connectivity index (χ2n) is 4.66. The summed E-state index contributed by atoms with van der Waals surface area (Å²) in [5.41, 5.74) is 8.90. The van der Waals surface area contributed by atoms with Crippen molar-refractivity contribution in [3.05, 3.63) is 68.8 Å². The second-order valence-corrected chi connectivity index (χ2v) is 5.74. The lowest BCUT2D eigenvalue weighted by atomic mass is 10.1. The van der Waals surface area contributed by atoms with Gasteiger partial charge in [0.25, 0.3) is 5.91 Å². The Bertz CT molecular complexity index is 599. The minimum absolute atomic E-state index is 0.0792. The van der Waals surface area contributed by atoms with Gasteiger partial charge in [-0.25, -0.2) is 0 Å². The summed E-state index contributed by atoms with van der Waals surface area (Å²) >= 11 is 2.20. The van der Waals surface area contributed by atoms with Crippen LogP contribution in [0.4, 0.5) is 0 Å². The Kier molecular flexibility index (Phi) is 5.14. The smallest absolute Gasteiger partial charge is 0.252 e. The Balaban J connectivity index is 2.01. The van der Waals surface area contributed by atoms with E-state index in [0.717, 1.165) is 14.7 Å². The topological polar surface area (TPSA) is 55.1 Å². The van der Waals surface area contributed by atoms with Crippen molar-refractivity contribution in [3.63, 3.8) is 0 Å². The molecule has 0 bridgehead atoms. The number of halogens is 1. The Morgan fingerprint density at radius 1 is 1.20 bits per heavy atom. The zero-order valence-corrected chi connectivity index (χ0v) is 13.4. The van der Waals surface area contributed by atoms with Gasteiger partial charge >= 0.3 is 0 Å². The molecule has 0 saturated carbocycles. The monoisotopic (exact) mass is 380 g/mol. The van der Waals surface area contributed by atoms with Crippen LogP contribution < -0.4 is 11.1 Å².